The van der Waals surface area contributed by atoms with Crippen molar-refractivity contribution >= 4 is 28.2 Å². The average Bonchev–Trinajstić information content (AvgIpc) is 3.34. The Labute approximate surface area is 163 Å². The van der Waals surface area contributed by atoms with Crippen LogP contribution < -0.4 is 10.6 Å². The number of rotatable bonds is 5. The van der Waals surface area contributed by atoms with Crippen LogP contribution in [0.3, 0.4) is 0 Å². The van der Waals surface area contributed by atoms with E-state index in [1.165, 1.54) is 4.88 Å². The molecule has 2 amide bonds. The number of benzene rings is 1. The van der Waals surface area contributed by atoms with Crippen molar-refractivity contribution in [2.45, 2.75) is 44.6 Å². The Bertz CT molecular complexity index is 825. The van der Waals surface area contributed by atoms with Crippen LogP contribution in [-0.2, 0) is 17.6 Å². The summed E-state index contributed by atoms with van der Waals surface area (Å²) in [6, 6.07) is 9.11. The molecule has 1 saturated heterocycles. The molecule has 6 heteroatoms. The molecule has 142 valence electrons. The normalized spacial score (nSPS) is 18.7. The van der Waals surface area contributed by atoms with Crippen LogP contribution in [0.4, 0.5) is 5.00 Å². The van der Waals surface area contributed by atoms with Gasteiger partial charge in [-0.3, -0.25) is 9.59 Å². The molecule has 1 aliphatic heterocycles. The van der Waals surface area contributed by atoms with E-state index < -0.39 is 0 Å². The van der Waals surface area contributed by atoms with Crippen molar-refractivity contribution in [2.24, 2.45) is 0 Å². The molecule has 5 nitrogen and oxygen atoms in total. The van der Waals surface area contributed by atoms with E-state index in [-0.39, 0.29) is 17.9 Å². The highest BCUT2D eigenvalue weighted by Gasteiger charge is 2.27. The standard InChI is InChI=1S/C21H24N2O3S/c24-19(14-7-2-1-3-8-14)23-21-18(16-10-4-5-11-17(16)27-21)20(25)22-13-15-9-6-12-26-15/h1-3,7-8,15H,4-6,9-13H2,(H,22,25)(H,23,24). The fourth-order valence-electron chi connectivity index (χ4n) is 3.76. The summed E-state index contributed by atoms with van der Waals surface area (Å²) in [6.07, 6.45) is 6.24. The van der Waals surface area contributed by atoms with Crippen molar-refractivity contribution in [1.82, 2.24) is 5.32 Å². The van der Waals surface area contributed by atoms with Crippen molar-refractivity contribution in [3.05, 3.63) is 51.9 Å². The summed E-state index contributed by atoms with van der Waals surface area (Å²) in [5.74, 6) is -0.282. The Kier molecular flexibility index (Phi) is 5.55. The Morgan fingerprint density at radius 1 is 1.07 bits per heavy atom. The smallest absolute Gasteiger partial charge is 0.256 e. The van der Waals surface area contributed by atoms with Crippen molar-refractivity contribution < 1.29 is 14.3 Å². The van der Waals surface area contributed by atoms with E-state index in [4.69, 9.17) is 4.74 Å². The lowest BCUT2D eigenvalue weighted by atomic mass is 9.95. The zero-order valence-electron chi connectivity index (χ0n) is 15.3. The number of carbonyl (C=O) groups excluding carboxylic acids is 2. The quantitative estimate of drug-likeness (QED) is 0.824. The predicted molar refractivity (Wildman–Crippen MR) is 107 cm³/mol. The van der Waals surface area contributed by atoms with Gasteiger partial charge in [-0.05, 0) is 56.2 Å². The number of thiophene rings is 1. The number of aryl methyl sites for hydroxylation is 1. The third-order valence-electron chi connectivity index (χ3n) is 5.18. The summed E-state index contributed by atoms with van der Waals surface area (Å²) in [5.41, 5.74) is 2.35. The van der Waals surface area contributed by atoms with Gasteiger partial charge in [-0.2, -0.15) is 0 Å². The van der Waals surface area contributed by atoms with Crippen LogP contribution in [-0.4, -0.2) is 31.1 Å². The highest BCUT2D eigenvalue weighted by Crippen LogP contribution is 2.38. The molecule has 0 bridgehead atoms. The average molecular weight is 385 g/mol. The molecule has 1 unspecified atom stereocenters. The van der Waals surface area contributed by atoms with E-state index in [1.54, 1.807) is 23.5 Å². The molecule has 1 atom stereocenters. The zero-order valence-corrected chi connectivity index (χ0v) is 16.1. The summed E-state index contributed by atoms with van der Waals surface area (Å²) in [5, 5.41) is 6.67. The highest BCUT2D eigenvalue weighted by molar-refractivity contribution is 7.17. The van der Waals surface area contributed by atoms with Gasteiger partial charge in [-0.15, -0.1) is 11.3 Å². The number of fused-ring (bicyclic) bond motifs is 1. The SMILES string of the molecule is O=C(Nc1sc2c(c1C(=O)NCC1CCCO1)CCCC2)c1ccccc1. The Morgan fingerprint density at radius 3 is 2.67 bits per heavy atom. The molecule has 1 fully saturated rings. The third kappa shape index (κ3) is 4.06. The van der Waals surface area contributed by atoms with Gasteiger partial charge in [-0.25, -0.2) is 0 Å². The summed E-state index contributed by atoms with van der Waals surface area (Å²) in [4.78, 5) is 26.8. The lowest BCUT2D eigenvalue weighted by Gasteiger charge is -2.15. The second kappa shape index (κ2) is 8.23. The van der Waals surface area contributed by atoms with E-state index in [9.17, 15) is 9.59 Å². The molecule has 27 heavy (non-hydrogen) atoms. The van der Waals surface area contributed by atoms with Gasteiger partial charge in [0.15, 0.2) is 0 Å². The molecular formula is C21H24N2O3S. The van der Waals surface area contributed by atoms with Gasteiger partial charge < -0.3 is 15.4 Å². The number of hydrogen-bond acceptors (Lipinski definition) is 4. The van der Waals surface area contributed by atoms with E-state index >= 15 is 0 Å². The predicted octanol–water partition coefficient (Wildman–Crippen LogP) is 3.79. The fourth-order valence-corrected chi connectivity index (χ4v) is 5.04. The molecule has 2 heterocycles. The molecule has 2 aromatic rings. The summed E-state index contributed by atoms with van der Waals surface area (Å²) in [7, 11) is 0. The third-order valence-corrected chi connectivity index (χ3v) is 6.38. The van der Waals surface area contributed by atoms with E-state index in [0.717, 1.165) is 50.7 Å². The molecule has 4 rings (SSSR count). The summed E-state index contributed by atoms with van der Waals surface area (Å²) in [6.45, 7) is 1.29. The van der Waals surface area contributed by atoms with Crippen molar-refractivity contribution in [2.75, 3.05) is 18.5 Å². The molecule has 0 spiro atoms. The number of carbonyl (C=O) groups is 2. The monoisotopic (exact) mass is 384 g/mol. The Morgan fingerprint density at radius 2 is 1.89 bits per heavy atom. The number of hydrogen-bond donors (Lipinski definition) is 2. The second-order valence-corrected chi connectivity index (χ2v) is 8.19. The second-order valence-electron chi connectivity index (χ2n) is 7.08. The van der Waals surface area contributed by atoms with Gasteiger partial charge in [-0.1, -0.05) is 18.2 Å². The van der Waals surface area contributed by atoms with E-state index in [2.05, 4.69) is 10.6 Å². The minimum atomic E-state index is -0.178. The molecule has 1 aliphatic carbocycles. The van der Waals surface area contributed by atoms with Gasteiger partial charge >= 0.3 is 0 Å². The van der Waals surface area contributed by atoms with E-state index in [1.807, 2.05) is 18.2 Å². The lowest BCUT2D eigenvalue weighted by molar-refractivity contribution is 0.0858. The first-order valence-corrected chi connectivity index (χ1v) is 10.4. The van der Waals surface area contributed by atoms with E-state index in [0.29, 0.717) is 22.7 Å². The summed E-state index contributed by atoms with van der Waals surface area (Å²) < 4.78 is 5.60. The first-order chi connectivity index (χ1) is 13.2. The minimum Gasteiger partial charge on any atom is -0.376 e. The number of amides is 2. The van der Waals surface area contributed by atoms with Crippen molar-refractivity contribution in [3.63, 3.8) is 0 Å². The van der Waals surface area contributed by atoms with Crippen LogP contribution in [0.5, 0.6) is 0 Å². The van der Waals surface area contributed by atoms with Crippen molar-refractivity contribution in [1.29, 1.82) is 0 Å². The zero-order chi connectivity index (χ0) is 18.6. The van der Waals surface area contributed by atoms with Crippen LogP contribution >= 0.6 is 11.3 Å². The maximum atomic E-state index is 13.0. The Hall–Kier alpha value is -2.18. The van der Waals surface area contributed by atoms with Crippen molar-refractivity contribution in [3.8, 4) is 0 Å². The largest absolute Gasteiger partial charge is 0.376 e. The fraction of sp³-hybridized carbons (Fsp3) is 0.429. The van der Waals surface area contributed by atoms with Gasteiger partial charge in [0.05, 0.1) is 11.7 Å². The Balaban J connectivity index is 1.56. The molecule has 1 aromatic carbocycles. The summed E-state index contributed by atoms with van der Waals surface area (Å²) >= 11 is 1.55. The molecule has 2 aliphatic rings. The molecule has 1 aromatic heterocycles. The molecular weight excluding hydrogens is 360 g/mol. The maximum absolute atomic E-state index is 13.0. The van der Waals surface area contributed by atoms with Crippen LogP contribution in [0.25, 0.3) is 0 Å². The van der Waals surface area contributed by atoms with Crippen LogP contribution in [0.15, 0.2) is 30.3 Å². The van der Waals surface area contributed by atoms with Crippen LogP contribution in [0, 0.1) is 0 Å². The van der Waals surface area contributed by atoms with Gasteiger partial charge in [0.2, 0.25) is 0 Å². The first-order valence-electron chi connectivity index (χ1n) is 9.63. The highest BCUT2D eigenvalue weighted by atomic mass is 32.1. The van der Waals surface area contributed by atoms with Gasteiger partial charge in [0.1, 0.15) is 5.00 Å². The molecule has 0 saturated carbocycles. The number of nitrogens with one attached hydrogen (secondary N) is 2. The first kappa shape index (κ1) is 18.2. The van der Waals surface area contributed by atoms with Crippen LogP contribution in [0.2, 0.25) is 0 Å². The lowest BCUT2D eigenvalue weighted by Crippen LogP contribution is -2.32. The van der Waals surface area contributed by atoms with Crippen LogP contribution in [0.1, 0.15) is 56.8 Å². The number of anilines is 1. The minimum absolute atomic E-state index is 0.103. The topological polar surface area (TPSA) is 67.4 Å². The maximum Gasteiger partial charge on any atom is 0.256 e. The van der Waals surface area contributed by atoms with Gasteiger partial charge in [0, 0.05) is 23.6 Å². The van der Waals surface area contributed by atoms with Gasteiger partial charge in [0.25, 0.3) is 11.8 Å². The number of ether oxygens (including phenoxy) is 1. The molecule has 0 radical (unpaired) electrons. The molecule has 2 N–H and O–H groups in total.